The van der Waals surface area contributed by atoms with Gasteiger partial charge in [-0.1, -0.05) is 18.2 Å². The van der Waals surface area contributed by atoms with Gasteiger partial charge in [0.1, 0.15) is 5.75 Å². The number of phenols is 1. The number of phenolic OH excluding ortho intramolecular Hbond substituents is 1. The van der Waals surface area contributed by atoms with E-state index < -0.39 is 18.1 Å². The number of carbonyl (C=O) groups is 2. The van der Waals surface area contributed by atoms with Crippen LogP contribution in [-0.2, 0) is 16.0 Å². The summed E-state index contributed by atoms with van der Waals surface area (Å²) in [6.07, 6.45) is -0.355. The number of aromatic hydroxyl groups is 1. The third-order valence-electron chi connectivity index (χ3n) is 2.70. The monoisotopic (exact) mass is 266 g/mol. The van der Waals surface area contributed by atoms with Crippen LogP contribution < -0.4 is 11.1 Å². The lowest BCUT2D eigenvalue weighted by Gasteiger charge is -2.14. The predicted octanol–water partition coefficient (Wildman–Crippen LogP) is 0.925. The van der Waals surface area contributed by atoms with Gasteiger partial charge in [-0.25, -0.2) is 4.79 Å². The Hall–Kier alpha value is -2.24. The molecule has 6 nitrogen and oxygen atoms in total. The van der Waals surface area contributed by atoms with Gasteiger partial charge >= 0.3 is 6.09 Å². The van der Waals surface area contributed by atoms with Gasteiger partial charge in [0, 0.05) is 7.05 Å². The number of hydrogen-bond donors (Lipinski definition) is 3. The molecule has 1 aromatic carbocycles. The van der Waals surface area contributed by atoms with E-state index in [2.05, 4.69) is 5.32 Å². The third kappa shape index (κ3) is 4.87. The van der Waals surface area contributed by atoms with Crippen molar-refractivity contribution in [1.82, 2.24) is 5.32 Å². The molecule has 0 spiro atoms. The van der Waals surface area contributed by atoms with E-state index in [9.17, 15) is 14.7 Å². The van der Waals surface area contributed by atoms with E-state index >= 15 is 0 Å². The number of aryl methyl sites for hydroxylation is 1. The van der Waals surface area contributed by atoms with Gasteiger partial charge in [0.2, 0.25) is 0 Å². The molecular weight excluding hydrogens is 248 g/mol. The second-order valence-corrected chi connectivity index (χ2v) is 4.06. The van der Waals surface area contributed by atoms with E-state index in [1.165, 1.54) is 7.05 Å². The fraction of sp³-hybridized carbons (Fsp3) is 0.385. The van der Waals surface area contributed by atoms with Gasteiger partial charge in [-0.05, 0) is 30.9 Å². The van der Waals surface area contributed by atoms with Crippen LogP contribution in [0.3, 0.4) is 0 Å². The van der Waals surface area contributed by atoms with Crippen LogP contribution in [0.5, 0.6) is 5.75 Å². The van der Waals surface area contributed by atoms with Crippen molar-refractivity contribution in [2.24, 2.45) is 5.73 Å². The van der Waals surface area contributed by atoms with Gasteiger partial charge in [0.15, 0.2) is 6.10 Å². The molecule has 0 fully saturated rings. The van der Waals surface area contributed by atoms with E-state index in [4.69, 9.17) is 10.5 Å². The number of nitrogens with two attached hydrogens (primary N) is 1. The summed E-state index contributed by atoms with van der Waals surface area (Å²) in [6.45, 7) is 0. The highest BCUT2D eigenvalue weighted by Crippen LogP contribution is 2.18. The summed E-state index contributed by atoms with van der Waals surface area (Å²) in [6, 6.07) is 6.97. The maximum absolute atomic E-state index is 11.5. The van der Waals surface area contributed by atoms with E-state index in [-0.39, 0.29) is 5.75 Å². The zero-order chi connectivity index (χ0) is 14.3. The lowest BCUT2D eigenvalue weighted by Crippen LogP contribution is -2.37. The smallest absolute Gasteiger partial charge is 0.405 e. The second kappa shape index (κ2) is 7.25. The van der Waals surface area contributed by atoms with Crippen LogP contribution in [0.15, 0.2) is 24.3 Å². The summed E-state index contributed by atoms with van der Waals surface area (Å²) in [7, 11) is 1.46. The number of benzene rings is 1. The molecular formula is C13H18N2O4. The zero-order valence-electron chi connectivity index (χ0n) is 10.8. The summed E-state index contributed by atoms with van der Waals surface area (Å²) in [4.78, 5) is 22.2. The second-order valence-electron chi connectivity index (χ2n) is 4.06. The Morgan fingerprint density at radius 1 is 1.42 bits per heavy atom. The summed E-state index contributed by atoms with van der Waals surface area (Å²) in [5.74, 6) is -0.175. The minimum atomic E-state index is -0.976. The molecule has 0 bridgehead atoms. The molecule has 0 aliphatic carbocycles. The minimum Gasteiger partial charge on any atom is -0.508 e. The molecule has 0 aromatic heterocycles. The average molecular weight is 266 g/mol. The number of amides is 2. The molecule has 0 saturated heterocycles. The summed E-state index contributed by atoms with van der Waals surface area (Å²) < 4.78 is 4.74. The molecule has 0 aliphatic heterocycles. The fourth-order valence-electron chi connectivity index (χ4n) is 1.74. The predicted molar refractivity (Wildman–Crippen MR) is 69.6 cm³/mol. The third-order valence-corrected chi connectivity index (χ3v) is 2.70. The molecule has 1 aromatic rings. The SMILES string of the molecule is CNC(=O)[C@H](CCCc1ccccc1O)OC(N)=O. The molecule has 104 valence electrons. The van der Waals surface area contributed by atoms with Crippen LogP contribution in [0.4, 0.5) is 4.79 Å². The van der Waals surface area contributed by atoms with Crippen molar-refractivity contribution in [3.8, 4) is 5.75 Å². The first-order chi connectivity index (χ1) is 9.04. The van der Waals surface area contributed by atoms with E-state index in [1.54, 1.807) is 18.2 Å². The number of rotatable bonds is 6. The van der Waals surface area contributed by atoms with Crippen molar-refractivity contribution in [3.63, 3.8) is 0 Å². The van der Waals surface area contributed by atoms with Crippen LogP contribution in [0, 0.1) is 0 Å². The molecule has 19 heavy (non-hydrogen) atoms. The topological polar surface area (TPSA) is 102 Å². The van der Waals surface area contributed by atoms with E-state index in [0.717, 1.165) is 5.56 Å². The number of hydrogen-bond acceptors (Lipinski definition) is 4. The Balaban J connectivity index is 2.50. The largest absolute Gasteiger partial charge is 0.508 e. The van der Waals surface area contributed by atoms with Gasteiger partial charge < -0.3 is 20.9 Å². The summed E-state index contributed by atoms with van der Waals surface area (Å²) >= 11 is 0. The summed E-state index contributed by atoms with van der Waals surface area (Å²) in [5, 5.41) is 12.0. The number of nitrogens with one attached hydrogen (secondary N) is 1. The first-order valence-electron chi connectivity index (χ1n) is 5.99. The minimum absolute atomic E-state index is 0.217. The van der Waals surface area contributed by atoms with Crippen molar-refractivity contribution >= 4 is 12.0 Å². The molecule has 0 unspecified atom stereocenters. The molecule has 6 heteroatoms. The number of carbonyl (C=O) groups excluding carboxylic acids is 2. The number of likely N-dealkylation sites (N-methyl/N-ethyl adjacent to an activating group) is 1. The lowest BCUT2D eigenvalue weighted by molar-refractivity contribution is -0.129. The molecule has 0 aliphatic rings. The molecule has 1 atom stereocenters. The van der Waals surface area contributed by atoms with Crippen LogP contribution in [0.2, 0.25) is 0 Å². The molecule has 2 amide bonds. The first-order valence-corrected chi connectivity index (χ1v) is 5.99. The lowest BCUT2D eigenvalue weighted by atomic mass is 10.0. The summed E-state index contributed by atoms with van der Waals surface area (Å²) in [5.41, 5.74) is 5.70. The van der Waals surface area contributed by atoms with Crippen LogP contribution in [0.1, 0.15) is 18.4 Å². The Morgan fingerprint density at radius 3 is 2.68 bits per heavy atom. The van der Waals surface area contributed by atoms with Crippen molar-refractivity contribution in [3.05, 3.63) is 29.8 Å². The van der Waals surface area contributed by atoms with Crippen molar-refractivity contribution < 1.29 is 19.4 Å². The van der Waals surface area contributed by atoms with Gasteiger partial charge in [0.25, 0.3) is 5.91 Å². The molecule has 4 N–H and O–H groups in total. The quantitative estimate of drug-likeness (QED) is 0.712. The fourth-order valence-corrected chi connectivity index (χ4v) is 1.74. The van der Waals surface area contributed by atoms with E-state index in [1.807, 2.05) is 6.07 Å². The van der Waals surface area contributed by atoms with Crippen molar-refractivity contribution in [1.29, 1.82) is 0 Å². The maximum atomic E-state index is 11.5. The van der Waals surface area contributed by atoms with Gasteiger partial charge in [-0.15, -0.1) is 0 Å². The van der Waals surface area contributed by atoms with Crippen LogP contribution >= 0.6 is 0 Å². The Labute approximate surface area is 111 Å². The van der Waals surface area contributed by atoms with Crippen molar-refractivity contribution in [2.45, 2.75) is 25.4 Å². The molecule has 0 saturated carbocycles. The number of ether oxygens (including phenoxy) is 1. The Kier molecular flexibility index (Phi) is 5.66. The molecule has 0 heterocycles. The highest BCUT2D eigenvalue weighted by molar-refractivity contribution is 5.82. The maximum Gasteiger partial charge on any atom is 0.405 e. The van der Waals surface area contributed by atoms with Gasteiger partial charge in [-0.3, -0.25) is 4.79 Å². The van der Waals surface area contributed by atoms with Crippen LogP contribution in [-0.4, -0.2) is 30.3 Å². The number of primary amides is 1. The van der Waals surface area contributed by atoms with Gasteiger partial charge in [-0.2, -0.15) is 0 Å². The van der Waals surface area contributed by atoms with Crippen molar-refractivity contribution in [2.75, 3.05) is 7.05 Å². The highest BCUT2D eigenvalue weighted by atomic mass is 16.6. The van der Waals surface area contributed by atoms with Crippen LogP contribution in [0.25, 0.3) is 0 Å². The highest BCUT2D eigenvalue weighted by Gasteiger charge is 2.20. The van der Waals surface area contributed by atoms with E-state index in [0.29, 0.717) is 19.3 Å². The molecule has 1 rings (SSSR count). The Bertz CT molecular complexity index is 448. The standard InChI is InChI=1S/C13H18N2O4/c1-15-12(17)11(19-13(14)18)8-4-6-9-5-2-3-7-10(9)16/h2-3,5,7,11,16H,4,6,8H2,1H3,(H2,14,18)(H,15,17)/t11-/m0/s1. The molecule has 0 radical (unpaired) electrons. The zero-order valence-corrected chi connectivity index (χ0v) is 10.8. The van der Waals surface area contributed by atoms with Gasteiger partial charge in [0.05, 0.1) is 0 Å². The normalized spacial score (nSPS) is 11.6. The number of para-hydroxylation sites is 1. The average Bonchev–Trinajstić information content (AvgIpc) is 2.38. The first kappa shape index (κ1) is 14.8. The Morgan fingerprint density at radius 2 is 2.11 bits per heavy atom.